The Kier molecular flexibility index (Phi) is 3.23. The van der Waals surface area contributed by atoms with Crippen LogP contribution in [-0.2, 0) is 13.0 Å². The fourth-order valence-corrected chi connectivity index (χ4v) is 2.71. The minimum atomic E-state index is 0.311. The van der Waals surface area contributed by atoms with Crippen molar-refractivity contribution in [2.75, 3.05) is 13.1 Å². The van der Waals surface area contributed by atoms with Gasteiger partial charge in [-0.15, -0.1) is 11.3 Å². The lowest BCUT2D eigenvalue weighted by Gasteiger charge is -2.26. The smallest absolute Gasteiger partial charge is 0.140 e. The third-order valence-corrected chi connectivity index (χ3v) is 3.72. The fourth-order valence-electron chi connectivity index (χ4n) is 1.82. The number of fused-ring (bicyclic) bond motifs is 1. The summed E-state index contributed by atoms with van der Waals surface area (Å²) in [5, 5.41) is 13.6. The Morgan fingerprint density at radius 2 is 2.53 bits per heavy atom. The summed E-state index contributed by atoms with van der Waals surface area (Å²) in [4.78, 5) is 3.85. The lowest BCUT2D eigenvalue weighted by molar-refractivity contribution is 0.260. The molecule has 0 aliphatic carbocycles. The lowest BCUT2D eigenvalue weighted by Crippen LogP contribution is -2.32. The molecule has 0 aromatic carbocycles. The normalized spacial score (nSPS) is 17.7. The van der Waals surface area contributed by atoms with Crippen molar-refractivity contribution < 1.29 is 5.21 Å². The molecule has 1 aromatic heterocycles. The first-order valence-corrected chi connectivity index (χ1v) is 5.91. The van der Waals surface area contributed by atoms with Gasteiger partial charge in [-0.1, -0.05) is 5.16 Å². The summed E-state index contributed by atoms with van der Waals surface area (Å²) in [6, 6.07) is 2.19. The average Bonchev–Trinajstić information content (AvgIpc) is 2.72. The molecule has 15 heavy (non-hydrogen) atoms. The molecule has 0 atom stereocenters. The van der Waals surface area contributed by atoms with Crippen LogP contribution in [0, 0.1) is 0 Å². The van der Waals surface area contributed by atoms with Crippen molar-refractivity contribution in [1.82, 2.24) is 4.90 Å². The Balaban J connectivity index is 1.88. The Morgan fingerprint density at radius 1 is 1.67 bits per heavy atom. The Labute approximate surface area is 93.0 Å². The zero-order valence-electron chi connectivity index (χ0n) is 8.52. The molecule has 2 heterocycles. The highest BCUT2D eigenvalue weighted by molar-refractivity contribution is 7.10. The summed E-state index contributed by atoms with van der Waals surface area (Å²) < 4.78 is 0. The van der Waals surface area contributed by atoms with Crippen LogP contribution in [0.2, 0.25) is 0 Å². The predicted octanol–water partition coefficient (Wildman–Crippen LogP) is 1.24. The topological polar surface area (TPSA) is 61.8 Å². The van der Waals surface area contributed by atoms with Gasteiger partial charge < -0.3 is 10.9 Å². The second kappa shape index (κ2) is 4.63. The Bertz CT molecular complexity index is 361. The summed E-state index contributed by atoms with van der Waals surface area (Å²) in [5.74, 6) is 0.311. The standard InChI is InChI=1S/C10H15N3OS/c11-10(12-14)2-5-13-4-1-9-8(7-13)3-6-15-9/h3,6,14H,1-2,4-5,7H2,(H2,11,12). The van der Waals surface area contributed by atoms with Crippen molar-refractivity contribution in [3.63, 3.8) is 0 Å². The second-order valence-corrected chi connectivity index (χ2v) is 4.74. The molecular weight excluding hydrogens is 210 g/mol. The molecule has 0 saturated carbocycles. The highest BCUT2D eigenvalue weighted by Gasteiger charge is 2.16. The highest BCUT2D eigenvalue weighted by Crippen LogP contribution is 2.23. The molecule has 1 aromatic rings. The molecule has 0 bridgehead atoms. The monoisotopic (exact) mass is 225 g/mol. The van der Waals surface area contributed by atoms with E-state index in [9.17, 15) is 0 Å². The molecule has 0 radical (unpaired) electrons. The molecule has 0 fully saturated rings. The van der Waals surface area contributed by atoms with E-state index in [-0.39, 0.29) is 0 Å². The molecule has 0 spiro atoms. The second-order valence-electron chi connectivity index (χ2n) is 3.74. The van der Waals surface area contributed by atoms with Crippen LogP contribution in [0.3, 0.4) is 0 Å². The third-order valence-electron chi connectivity index (χ3n) is 2.70. The first-order chi connectivity index (χ1) is 7.29. The van der Waals surface area contributed by atoms with Gasteiger partial charge in [0.05, 0.1) is 0 Å². The number of hydrogen-bond acceptors (Lipinski definition) is 4. The summed E-state index contributed by atoms with van der Waals surface area (Å²) in [7, 11) is 0. The molecule has 1 aliphatic heterocycles. The van der Waals surface area contributed by atoms with Crippen LogP contribution in [0.15, 0.2) is 16.6 Å². The SMILES string of the molecule is N/C(CCN1CCc2sccc2C1)=N\O. The van der Waals surface area contributed by atoms with Gasteiger partial charge in [0.1, 0.15) is 5.84 Å². The van der Waals surface area contributed by atoms with Crippen LogP contribution < -0.4 is 5.73 Å². The molecule has 0 unspecified atom stereocenters. The van der Waals surface area contributed by atoms with Crippen LogP contribution in [0.25, 0.3) is 0 Å². The number of thiophene rings is 1. The number of hydrogen-bond donors (Lipinski definition) is 2. The van der Waals surface area contributed by atoms with Gasteiger partial charge in [0.2, 0.25) is 0 Å². The molecule has 4 nitrogen and oxygen atoms in total. The summed E-state index contributed by atoms with van der Waals surface area (Å²) in [6.45, 7) is 2.94. The van der Waals surface area contributed by atoms with Gasteiger partial charge in [0, 0.05) is 30.9 Å². The van der Waals surface area contributed by atoms with Crippen molar-refractivity contribution in [3.05, 3.63) is 21.9 Å². The molecule has 1 aliphatic rings. The maximum atomic E-state index is 8.44. The minimum Gasteiger partial charge on any atom is -0.409 e. The first kappa shape index (κ1) is 10.4. The maximum Gasteiger partial charge on any atom is 0.140 e. The number of nitrogens with two attached hydrogens (primary N) is 1. The van der Waals surface area contributed by atoms with Crippen LogP contribution in [0.5, 0.6) is 0 Å². The Hall–Kier alpha value is -1.07. The van der Waals surface area contributed by atoms with E-state index in [0.29, 0.717) is 12.3 Å². The molecule has 82 valence electrons. The van der Waals surface area contributed by atoms with E-state index in [2.05, 4.69) is 21.5 Å². The van der Waals surface area contributed by atoms with Crippen LogP contribution in [-0.4, -0.2) is 29.0 Å². The van der Waals surface area contributed by atoms with E-state index in [1.807, 2.05) is 11.3 Å². The van der Waals surface area contributed by atoms with Crippen molar-refractivity contribution in [2.24, 2.45) is 10.9 Å². The van der Waals surface area contributed by atoms with E-state index in [1.165, 1.54) is 10.4 Å². The molecule has 2 rings (SSSR count). The molecule has 0 amide bonds. The zero-order valence-corrected chi connectivity index (χ0v) is 9.33. The van der Waals surface area contributed by atoms with Crippen molar-refractivity contribution >= 4 is 17.2 Å². The third kappa shape index (κ3) is 2.49. The molecular formula is C10H15N3OS. The van der Waals surface area contributed by atoms with Crippen molar-refractivity contribution in [1.29, 1.82) is 0 Å². The van der Waals surface area contributed by atoms with Crippen LogP contribution >= 0.6 is 11.3 Å². The zero-order chi connectivity index (χ0) is 10.7. The highest BCUT2D eigenvalue weighted by atomic mass is 32.1. The number of rotatable bonds is 3. The number of oxime groups is 1. The summed E-state index contributed by atoms with van der Waals surface area (Å²) >= 11 is 1.84. The van der Waals surface area contributed by atoms with Crippen molar-refractivity contribution in [3.8, 4) is 0 Å². The van der Waals surface area contributed by atoms with E-state index in [1.54, 1.807) is 0 Å². The van der Waals surface area contributed by atoms with Crippen LogP contribution in [0.1, 0.15) is 16.9 Å². The predicted molar refractivity (Wildman–Crippen MR) is 61.3 cm³/mol. The van der Waals surface area contributed by atoms with Crippen molar-refractivity contribution in [2.45, 2.75) is 19.4 Å². The van der Waals surface area contributed by atoms with E-state index in [0.717, 1.165) is 26.1 Å². The van der Waals surface area contributed by atoms with Gasteiger partial charge in [-0.2, -0.15) is 0 Å². The fraction of sp³-hybridized carbons (Fsp3) is 0.500. The number of amidine groups is 1. The molecule has 5 heteroatoms. The average molecular weight is 225 g/mol. The van der Waals surface area contributed by atoms with Gasteiger partial charge in [0.15, 0.2) is 0 Å². The van der Waals surface area contributed by atoms with Gasteiger partial charge in [-0.25, -0.2) is 0 Å². The maximum absolute atomic E-state index is 8.44. The summed E-state index contributed by atoms with van der Waals surface area (Å²) in [6.07, 6.45) is 1.76. The van der Waals surface area contributed by atoms with Gasteiger partial charge in [-0.05, 0) is 23.4 Å². The number of nitrogens with zero attached hydrogens (tertiary/aromatic N) is 2. The van der Waals surface area contributed by atoms with Crippen LogP contribution in [0.4, 0.5) is 0 Å². The first-order valence-electron chi connectivity index (χ1n) is 5.03. The largest absolute Gasteiger partial charge is 0.409 e. The van der Waals surface area contributed by atoms with E-state index >= 15 is 0 Å². The van der Waals surface area contributed by atoms with Gasteiger partial charge in [-0.3, -0.25) is 4.90 Å². The van der Waals surface area contributed by atoms with Gasteiger partial charge in [0.25, 0.3) is 0 Å². The van der Waals surface area contributed by atoms with E-state index < -0.39 is 0 Å². The Morgan fingerprint density at radius 3 is 3.33 bits per heavy atom. The molecule has 3 N–H and O–H groups in total. The quantitative estimate of drug-likeness (QED) is 0.352. The minimum absolute atomic E-state index is 0.311. The molecule has 0 saturated heterocycles. The lowest BCUT2D eigenvalue weighted by atomic mass is 10.1. The van der Waals surface area contributed by atoms with Gasteiger partial charge >= 0.3 is 0 Å². The van der Waals surface area contributed by atoms with E-state index in [4.69, 9.17) is 10.9 Å². The summed E-state index contributed by atoms with van der Waals surface area (Å²) in [5.41, 5.74) is 6.88.